The van der Waals surface area contributed by atoms with Crippen LogP contribution in [0.2, 0.25) is 0 Å². The van der Waals surface area contributed by atoms with Crippen molar-refractivity contribution < 1.29 is 9.53 Å². The lowest BCUT2D eigenvalue weighted by molar-refractivity contribution is 0.0952. The standard InChI is InChI=1S/C19H15N3O2S2/c20-17-15(10-12-8-9-25-19(12)22-17)18(23)21-11-14-6-7-16(26-14)24-13-4-2-1-3-5-13/h1-10H,11H2,(H2,20,22)(H,21,23). The zero-order valence-electron chi connectivity index (χ0n) is 13.6. The van der Waals surface area contributed by atoms with Crippen LogP contribution in [0.15, 0.2) is 60.0 Å². The summed E-state index contributed by atoms with van der Waals surface area (Å²) < 4.78 is 5.79. The van der Waals surface area contributed by atoms with Crippen LogP contribution in [0.5, 0.6) is 10.8 Å². The average molecular weight is 381 g/mol. The number of rotatable bonds is 5. The Kier molecular flexibility index (Phi) is 4.55. The maximum atomic E-state index is 12.4. The SMILES string of the molecule is Nc1nc2sccc2cc1C(=O)NCc1ccc(Oc2ccccc2)s1. The number of fused-ring (bicyclic) bond motifs is 1. The van der Waals surface area contributed by atoms with Crippen LogP contribution in [-0.4, -0.2) is 10.9 Å². The van der Waals surface area contributed by atoms with Crippen molar-refractivity contribution in [2.24, 2.45) is 0 Å². The van der Waals surface area contributed by atoms with E-state index in [4.69, 9.17) is 10.5 Å². The van der Waals surface area contributed by atoms with Crippen molar-refractivity contribution >= 4 is 44.6 Å². The van der Waals surface area contributed by atoms with E-state index in [0.29, 0.717) is 12.1 Å². The minimum Gasteiger partial charge on any atom is -0.447 e. The number of nitrogen functional groups attached to an aromatic ring is 1. The summed E-state index contributed by atoms with van der Waals surface area (Å²) in [6.45, 7) is 0.406. The highest BCUT2D eigenvalue weighted by Gasteiger charge is 2.13. The summed E-state index contributed by atoms with van der Waals surface area (Å²) in [4.78, 5) is 18.6. The molecular weight excluding hydrogens is 366 g/mol. The van der Waals surface area contributed by atoms with Crippen LogP contribution < -0.4 is 15.8 Å². The molecule has 5 nitrogen and oxygen atoms in total. The number of benzene rings is 1. The third-order valence-corrected chi connectivity index (χ3v) is 5.52. The van der Waals surface area contributed by atoms with Gasteiger partial charge in [-0.1, -0.05) is 18.2 Å². The maximum absolute atomic E-state index is 12.4. The number of nitrogens with zero attached hydrogens (tertiary/aromatic N) is 1. The number of thiophene rings is 2. The highest BCUT2D eigenvalue weighted by atomic mass is 32.1. The van der Waals surface area contributed by atoms with E-state index in [1.54, 1.807) is 6.07 Å². The van der Waals surface area contributed by atoms with Crippen molar-refractivity contribution in [2.75, 3.05) is 5.73 Å². The predicted molar refractivity (Wildman–Crippen MR) is 106 cm³/mol. The second-order valence-corrected chi connectivity index (χ2v) is 7.58. The van der Waals surface area contributed by atoms with Crippen molar-refractivity contribution in [1.29, 1.82) is 0 Å². The minimum absolute atomic E-state index is 0.234. The fourth-order valence-corrected chi connectivity index (χ4v) is 4.04. The number of aromatic nitrogens is 1. The van der Waals surface area contributed by atoms with E-state index in [0.717, 1.165) is 25.9 Å². The molecule has 1 aromatic carbocycles. The summed E-state index contributed by atoms with van der Waals surface area (Å²) in [6.07, 6.45) is 0. The zero-order valence-corrected chi connectivity index (χ0v) is 15.3. The molecule has 0 unspecified atom stereocenters. The van der Waals surface area contributed by atoms with E-state index in [1.165, 1.54) is 22.7 Å². The molecule has 3 heterocycles. The van der Waals surface area contributed by atoms with Gasteiger partial charge in [0.1, 0.15) is 16.4 Å². The van der Waals surface area contributed by atoms with Crippen LogP contribution in [-0.2, 0) is 6.54 Å². The third kappa shape index (κ3) is 3.54. The van der Waals surface area contributed by atoms with Gasteiger partial charge in [0, 0.05) is 10.3 Å². The Morgan fingerprint density at radius 3 is 2.85 bits per heavy atom. The van der Waals surface area contributed by atoms with Crippen LogP contribution in [0.1, 0.15) is 15.2 Å². The second-order valence-electron chi connectivity index (χ2n) is 5.55. The Labute approximate surface area is 158 Å². The Morgan fingerprint density at radius 1 is 1.15 bits per heavy atom. The van der Waals surface area contributed by atoms with Crippen molar-refractivity contribution in [3.63, 3.8) is 0 Å². The number of nitrogens with two attached hydrogens (primary N) is 1. The fourth-order valence-electron chi connectivity index (χ4n) is 2.47. The average Bonchev–Trinajstić information content (AvgIpc) is 3.28. The van der Waals surface area contributed by atoms with Crippen LogP contribution in [0, 0.1) is 0 Å². The highest BCUT2D eigenvalue weighted by Crippen LogP contribution is 2.29. The summed E-state index contributed by atoms with van der Waals surface area (Å²) in [5.74, 6) is 0.798. The number of ether oxygens (including phenoxy) is 1. The molecule has 0 spiro atoms. The molecule has 0 saturated carbocycles. The van der Waals surface area contributed by atoms with Gasteiger partial charge in [0.25, 0.3) is 5.91 Å². The molecule has 0 aliphatic rings. The predicted octanol–water partition coefficient (Wildman–Crippen LogP) is 4.66. The number of amides is 1. The largest absolute Gasteiger partial charge is 0.447 e. The summed E-state index contributed by atoms with van der Waals surface area (Å²) >= 11 is 2.99. The van der Waals surface area contributed by atoms with Gasteiger partial charge in [-0.25, -0.2) is 4.98 Å². The topological polar surface area (TPSA) is 77.2 Å². The monoisotopic (exact) mass is 381 g/mol. The zero-order chi connectivity index (χ0) is 17.9. The molecule has 0 aliphatic heterocycles. The Balaban J connectivity index is 1.42. The third-order valence-electron chi connectivity index (χ3n) is 3.74. The number of carbonyl (C=O) groups excluding carboxylic acids is 1. The molecular formula is C19H15N3O2S2. The summed E-state index contributed by atoms with van der Waals surface area (Å²) in [5, 5.41) is 6.52. The molecule has 0 radical (unpaired) electrons. The molecule has 4 rings (SSSR count). The van der Waals surface area contributed by atoms with Crippen LogP contribution in [0.4, 0.5) is 5.82 Å². The first kappa shape index (κ1) is 16.6. The number of nitrogens with one attached hydrogen (secondary N) is 1. The Bertz CT molecular complexity index is 1060. The van der Waals surface area contributed by atoms with Gasteiger partial charge in [-0.3, -0.25) is 4.79 Å². The van der Waals surface area contributed by atoms with Gasteiger partial charge >= 0.3 is 0 Å². The molecule has 7 heteroatoms. The normalized spacial score (nSPS) is 10.8. The summed E-state index contributed by atoms with van der Waals surface area (Å²) in [6, 6.07) is 17.1. The first-order valence-corrected chi connectivity index (χ1v) is 9.62. The van der Waals surface area contributed by atoms with Crippen molar-refractivity contribution in [2.45, 2.75) is 6.54 Å². The van der Waals surface area contributed by atoms with Crippen molar-refractivity contribution in [3.8, 4) is 10.8 Å². The molecule has 26 heavy (non-hydrogen) atoms. The molecule has 130 valence electrons. The number of hydrogen-bond donors (Lipinski definition) is 2. The van der Waals surface area contributed by atoms with E-state index in [1.807, 2.05) is 53.9 Å². The summed E-state index contributed by atoms with van der Waals surface area (Å²) in [7, 11) is 0. The fraction of sp³-hybridized carbons (Fsp3) is 0.0526. The first-order chi connectivity index (χ1) is 12.7. The number of hydrogen-bond acceptors (Lipinski definition) is 6. The smallest absolute Gasteiger partial charge is 0.255 e. The van der Waals surface area contributed by atoms with E-state index in [2.05, 4.69) is 10.3 Å². The molecule has 3 aromatic heterocycles. The van der Waals surface area contributed by atoms with Crippen molar-refractivity contribution in [1.82, 2.24) is 10.3 Å². The molecule has 0 atom stereocenters. The molecule has 4 aromatic rings. The first-order valence-electron chi connectivity index (χ1n) is 7.92. The van der Waals surface area contributed by atoms with Gasteiger partial charge in [0.2, 0.25) is 0 Å². The van der Waals surface area contributed by atoms with Gasteiger partial charge < -0.3 is 15.8 Å². The van der Waals surface area contributed by atoms with Gasteiger partial charge in [0.05, 0.1) is 12.1 Å². The van der Waals surface area contributed by atoms with Gasteiger partial charge in [-0.2, -0.15) is 0 Å². The molecule has 0 aliphatic carbocycles. The summed E-state index contributed by atoms with van der Waals surface area (Å²) in [5.41, 5.74) is 6.32. The second kappa shape index (κ2) is 7.15. The van der Waals surface area contributed by atoms with Gasteiger partial charge in [0.15, 0.2) is 5.06 Å². The number of para-hydroxylation sites is 1. The van der Waals surface area contributed by atoms with Crippen LogP contribution in [0.25, 0.3) is 10.2 Å². The van der Waals surface area contributed by atoms with Crippen molar-refractivity contribution in [3.05, 3.63) is 70.4 Å². The van der Waals surface area contributed by atoms with Gasteiger partial charge in [-0.15, -0.1) is 22.7 Å². The maximum Gasteiger partial charge on any atom is 0.255 e. The lowest BCUT2D eigenvalue weighted by Crippen LogP contribution is -2.23. The van der Waals surface area contributed by atoms with Crippen LogP contribution in [0.3, 0.4) is 0 Å². The van der Waals surface area contributed by atoms with Crippen LogP contribution >= 0.6 is 22.7 Å². The number of anilines is 1. The highest BCUT2D eigenvalue weighted by molar-refractivity contribution is 7.16. The number of carbonyl (C=O) groups is 1. The molecule has 0 fully saturated rings. The van der Waals surface area contributed by atoms with E-state index in [-0.39, 0.29) is 11.7 Å². The Morgan fingerprint density at radius 2 is 2.00 bits per heavy atom. The molecule has 0 bridgehead atoms. The van der Waals surface area contributed by atoms with E-state index < -0.39 is 0 Å². The van der Waals surface area contributed by atoms with Gasteiger partial charge in [-0.05, 0) is 41.8 Å². The lowest BCUT2D eigenvalue weighted by atomic mass is 10.2. The minimum atomic E-state index is -0.234. The quantitative estimate of drug-likeness (QED) is 0.527. The van der Waals surface area contributed by atoms with E-state index >= 15 is 0 Å². The lowest BCUT2D eigenvalue weighted by Gasteiger charge is -2.06. The molecule has 1 amide bonds. The molecule has 3 N–H and O–H groups in total. The molecule has 0 saturated heterocycles. The van der Waals surface area contributed by atoms with E-state index in [9.17, 15) is 4.79 Å². The number of pyridine rings is 1. The Hall–Kier alpha value is -2.90.